The van der Waals surface area contributed by atoms with Gasteiger partial charge in [0.25, 0.3) is 0 Å². The number of hydrogen-bond acceptors (Lipinski definition) is 4. The first kappa shape index (κ1) is 11.9. The van der Waals surface area contributed by atoms with Gasteiger partial charge in [-0.05, 0) is 12.1 Å². The summed E-state index contributed by atoms with van der Waals surface area (Å²) in [4.78, 5) is 14.9. The second kappa shape index (κ2) is 4.35. The van der Waals surface area contributed by atoms with Crippen LogP contribution in [0.4, 0.5) is 0 Å². The lowest BCUT2D eigenvalue weighted by Crippen LogP contribution is -1.99. The van der Waals surface area contributed by atoms with Gasteiger partial charge in [0.05, 0.1) is 15.7 Å². The van der Waals surface area contributed by atoms with Gasteiger partial charge in [0, 0.05) is 6.92 Å². The molecule has 0 saturated heterocycles. The summed E-state index contributed by atoms with van der Waals surface area (Å²) in [7, 11) is 0. The molecule has 0 amide bonds. The molecule has 0 aliphatic rings. The lowest BCUT2D eigenvalue weighted by molar-refractivity contribution is 0.100. The average Bonchev–Trinajstić information content (AvgIpc) is 2.74. The molecular weight excluding hydrogens is 265 g/mol. The number of nitrogens with zero attached hydrogens (tertiary/aromatic N) is 3. The number of phenols is 1. The van der Waals surface area contributed by atoms with Crippen LogP contribution < -0.4 is 0 Å². The zero-order valence-electron chi connectivity index (χ0n) is 8.69. The van der Waals surface area contributed by atoms with E-state index in [4.69, 9.17) is 23.2 Å². The minimum absolute atomic E-state index is 0.102. The highest BCUT2D eigenvalue weighted by Gasteiger charge is 2.11. The van der Waals surface area contributed by atoms with Gasteiger partial charge in [0.2, 0.25) is 5.82 Å². The fourth-order valence-electron chi connectivity index (χ4n) is 1.23. The average molecular weight is 272 g/mol. The molecule has 1 aromatic carbocycles. The van der Waals surface area contributed by atoms with E-state index in [1.807, 2.05) is 0 Å². The van der Waals surface area contributed by atoms with E-state index in [1.165, 1.54) is 30.1 Å². The van der Waals surface area contributed by atoms with Crippen molar-refractivity contribution in [1.29, 1.82) is 0 Å². The van der Waals surface area contributed by atoms with E-state index in [9.17, 15) is 9.90 Å². The Bertz CT molecular complexity index is 572. The Morgan fingerprint density at radius 1 is 1.35 bits per heavy atom. The van der Waals surface area contributed by atoms with Crippen molar-refractivity contribution in [3.05, 3.63) is 34.3 Å². The van der Waals surface area contributed by atoms with Crippen molar-refractivity contribution in [1.82, 2.24) is 14.8 Å². The van der Waals surface area contributed by atoms with E-state index in [0.29, 0.717) is 5.69 Å². The maximum Gasteiger partial charge on any atom is 0.217 e. The van der Waals surface area contributed by atoms with Crippen LogP contribution in [-0.4, -0.2) is 25.7 Å². The fourth-order valence-corrected chi connectivity index (χ4v) is 1.71. The van der Waals surface area contributed by atoms with Crippen LogP contribution in [0, 0.1) is 0 Å². The molecule has 0 fully saturated rings. The molecule has 2 aromatic rings. The maximum atomic E-state index is 11.0. The van der Waals surface area contributed by atoms with Gasteiger partial charge in [-0.2, -0.15) is 0 Å². The van der Waals surface area contributed by atoms with Crippen LogP contribution in [0.15, 0.2) is 18.5 Å². The van der Waals surface area contributed by atoms with Gasteiger partial charge in [-0.25, -0.2) is 9.67 Å². The number of rotatable bonds is 2. The fraction of sp³-hybridized carbons (Fsp3) is 0.100. The second-order valence-corrected chi connectivity index (χ2v) is 4.14. The summed E-state index contributed by atoms with van der Waals surface area (Å²) in [5.74, 6) is -0.325. The van der Waals surface area contributed by atoms with Crippen LogP contribution in [0.25, 0.3) is 5.69 Å². The summed E-state index contributed by atoms with van der Waals surface area (Å²) in [6.45, 7) is 1.37. The second-order valence-electron chi connectivity index (χ2n) is 3.33. The molecule has 0 saturated carbocycles. The number of carbonyl (C=O) groups is 1. The molecule has 0 aliphatic carbocycles. The lowest BCUT2D eigenvalue weighted by atomic mass is 10.3. The van der Waals surface area contributed by atoms with Crippen molar-refractivity contribution in [2.75, 3.05) is 0 Å². The number of phenolic OH excluding ortho intramolecular Hbond substituents is 1. The van der Waals surface area contributed by atoms with E-state index >= 15 is 0 Å². The Labute approximate surface area is 107 Å². The zero-order valence-corrected chi connectivity index (χ0v) is 10.2. The van der Waals surface area contributed by atoms with Gasteiger partial charge in [-0.15, -0.1) is 5.10 Å². The van der Waals surface area contributed by atoms with E-state index in [0.717, 1.165) is 0 Å². The number of aromatic hydroxyl groups is 1. The van der Waals surface area contributed by atoms with Crippen molar-refractivity contribution in [3.8, 4) is 11.4 Å². The van der Waals surface area contributed by atoms with Crippen LogP contribution >= 0.6 is 23.2 Å². The van der Waals surface area contributed by atoms with E-state index < -0.39 is 0 Å². The van der Waals surface area contributed by atoms with Gasteiger partial charge >= 0.3 is 0 Å². The van der Waals surface area contributed by atoms with Crippen LogP contribution in [0.2, 0.25) is 10.0 Å². The first-order valence-corrected chi connectivity index (χ1v) is 5.35. The Balaban J connectivity index is 2.49. The molecule has 0 bridgehead atoms. The molecule has 1 N–H and O–H groups in total. The predicted octanol–water partition coefficient (Wildman–Crippen LogP) is 2.48. The molecule has 7 heteroatoms. The maximum absolute atomic E-state index is 11.0. The largest absolute Gasteiger partial charge is 0.505 e. The monoisotopic (exact) mass is 271 g/mol. The highest BCUT2D eigenvalue weighted by molar-refractivity contribution is 6.37. The normalized spacial score (nSPS) is 10.5. The highest BCUT2D eigenvalue weighted by atomic mass is 35.5. The van der Waals surface area contributed by atoms with Gasteiger partial charge in [-0.1, -0.05) is 23.2 Å². The standard InChI is InChI=1S/C10H7Cl2N3O2/c1-5(16)10-13-4-15(14-10)6-2-7(11)9(17)8(12)3-6/h2-4,17H,1H3. The zero-order chi connectivity index (χ0) is 12.6. The van der Waals surface area contributed by atoms with Crippen LogP contribution in [0.3, 0.4) is 0 Å². The molecule has 0 spiro atoms. The summed E-state index contributed by atoms with van der Waals surface area (Å²) < 4.78 is 1.36. The Hall–Kier alpha value is -1.59. The molecule has 0 radical (unpaired) electrons. The molecule has 17 heavy (non-hydrogen) atoms. The molecule has 1 aromatic heterocycles. The van der Waals surface area contributed by atoms with Crippen molar-refractivity contribution in [2.45, 2.75) is 6.92 Å². The lowest BCUT2D eigenvalue weighted by Gasteiger charge is -2.04. The van der Waals surface area contributed by atoms with E-state index in [2.05, 4.69) is 10.1 Å². The van der Waals surface area contributed by atoms with Gasteiger partial charge in [-0.3, -0.25) is 4.79 Å². The number of carbonyl (C=O) groups excluding carboxylic acids is 1. The third-order valence-corrected chi connectivity index (χ3v) is 2.65. The van der Waals surface area contributed by atoms with Gasteiger partial charge < -0.3 is 5.11 Å². The highest BCUT2D eigenvalue weighted by Crippen LogP contribution is 2.33. The number of ketones is 1. The topological polar surface area (TPSA) is 68.0 Å². The first-order chi connectivity index (χ1) is 7.99. The predicted molar refractivity (Wildman–Crippen MR) is 63.0 cm³/mol. The number of Topliss-reactive ketones (excluding diaryl/α,β-unsaturated/α-hetero) is 1. The van der Waals surface area contributed by atoms with Crippen LogP contribution in [-0.2, 0) is 0 Å². The summed E-state index contributed by atoms with van der Waals surface area (Å²) in [5.41, 5.74) is 0.512. The molecule has 5 nitrogen and oxygen atoms in total. The number of aromatic nitrogens is 3. The number of hydrogen-bond donors (Lipinski definition) is 1. The van der Waals surface area contributed by atoms with Crippen molar-refractivity contribution >= 4 is 29.0 Å². The summed E-state index contributed by atoms with van der Waals surface area (Å²) in [6, 6.07) is 2.95. The molecular formula is C10H7Cl2N3O2. The Morgan fingerprint density at radius 3 is 2.41 bits per heavy atom. The first-order valence-electron chi connectivity index (χ1n) is 4.60. The number of halogens is 2. The molecule has 1 heterocycles. The smallest absolute Gasteiger partial charge is 0.217 e. The van der Waals surface area contributed by atoms with Crippen molar-refractivity contribution in [2.24, 2.45) is 0 Å². The third kappa shape index (κ3) is 2.25. The third-order valence-electron chi connectivity index (χ3n) is 2.07. The minimum atomic E-state index is -0.236. The number of benzene rings is 1. The summed E-state index contributed by atoms with van der Waals surface area (Å²) in [6.07, 6.45) is 1.37. The van der Waals surface area contributed by atoms with Gasteiger partial charge in [0.15, 0.2) is 11.5 Å². The molecule has 0 atom stereocenters. The van der Waals surface area contributed by atoms with Crippen molar-refractivity contribution < 1.29 is 9.90 Å². The molecule has 88 valence electrons. The molecule has 2 rings (SSSR count). The molecule has 0 aliphatic heterocycles. The summed E-state index contributed by atoms with van der Waals surface area (Å²) in [5, 5.41) is 13.6. The van der Waals surface area contributed by atoms with Crippen LogP contribution in [0.5, 0.6) is 5.75 Å². The SMILES string of the molecule is CC(=O)c1ncn(-c2cc(Cl)c(O)c(Cl)c2)n1. The van der Waals surface area contributed by atoms with E-state index in [-0.39, 0.29) is 27.4 Å². The van der Waals surface area contributed by atoms with E-state index in [1.54, 1.807) is 0 Å². The van der Waals surface area contributed by atoms with Gasteiger partial charge in [0.1, 0.15) is 6.33 Å². The quantitative estimate of drug-likeness (QED) is 0.853. The molecule has 0 unspecified atom stereocenters. The minimum Gasteiger partial charge on any atom is -0.505 e. The Kier molecular flexibility index (Phi) is 3.04. The van der Waals surface area contributed by atoms with Crippen LogP contribution in [0.1, 0.15) is 17.5 Å². The summed E-state index contributed by atoms with van der Waals surface area (Å²) >= 11 is 11.6. The van der Waals surface area contributed by atoms with Crippen molar-refractivity contribution in [3.63, 3.8) is 0 Å². The Morgan fingerprint density at radius 2 is 1.94 bits per heavy atom.